The van der Waals surface area contributed by atoms with Crippen LogP contribution in [0.3, 0.4) is 0 Å². The third-order valence-electron chi connectivity index (χ3n) is 4.48. The molecule has 1 saturated carbocycles. The van der Waals surface area contributed by atoms with Crippen molar-refractivity contribution < 1.29 is 19.4 Å². The van der Waals surface area contributed by atoms with E-state index in [2.05, 4.69) is 6.58 Å². The molecule has 24 heavy (non-hydrogen) atoms. The van der Waals surface area contributed by atoms with Gasteiger partial charge in [0.1, 0.15) is 5.75 Å². The smallest absolute Gasteiger partial charge is 0.328 e. The fraction of sp³-hybridized carbons (Fsp3) is 0.400. The second-order valence-electron chi connectivity index (χ2n) is 6.25. The van der Waals surface area contributed by atoms with Crippen molar-refractivity contribution in [2.24, 2.45) is 11.8 Å². The topological polar surface area (TPSA) is 63.6 Å². The van der Waals surface area contributed by atoms with Gasteiger partial charge < -0.3 is 9.84 Å². The quantitative estimate of drug-likeness (QED) is 0.347. The molecule has 1 aliphatic rings. The van der Waals surface area contributed by atoms with Crippen molar-refractivity contribution in [1.82, 2.24) is 0 Å². The minimum absolute atomic E-state index is 0.0171. The van der Waals surface area contributed by atoms with Gasteiger partial charge >= 0.3 is 11.9 Å². The largest absolute Gasteiger partial charge is 0.478 e. The first-order valence-corrected chi connectivity index (χ1v) is 8.42. The molecule has 1 aliphatic carbocycles. The van der Waals surface area contributed by atoms with Gasteiger partial charge in [-0.2, -0.15) is 0 Å². The monoisotopic (exact) mass is 328 g/mol. The van der Waals surface area contributed by atoms with Gasteiger partial charge in [-0.05, 0) is 68.2 Å². The van der Waals surface area contributed by atoms with E-state index in [0.29, 0.717) is 11.7 Å². The van der Waals surface area contributed by atoms with Gasteiger partial charge in [0, 0.05) is 6.08 Å². The van der Waals surface area contributed by atoms with Crippen LogP contribution in [0.15, 0.2) is 43.0 Å². The van der Waals surface area contributed by atoms with Gasteiger partial charge in [-0.3, -0.25) is 4.79 Å². The predicted molar refractivity (Wildman–Crippen MR) is 93.6 cm³/mol. The predicted octanol–water partition coefficient (Wildman–Crippen LogP) is 4.46. The summed E-state index contributed by atoms with van der Waals surface area (Å²) in [4.78, 5) is 22.7. The van der Waals surface area contributed by atoms with E-state index in [9.17, 15) is 9.59 Å². The average molecular weight is 328 g/mol. The number of hydrogen-bond acceptors (Lipinski definition) is 3. The van der Waals surface area contributed by atoms with E-state index in [-0.39, 0.29) is 11.9 Å². The summed E-state index contributed by atoms with van der Waals surface area (Å²) in [6.07, 6.45) is 10.7. The Bertz CT molecular complexity index is 593. The van der Waals surface area contributed by atoms with E-state index in [4.69, 9.17) is 9.84 Å². The van der Waals surface area contributed by atoms with Crippen LogP contribution >= 0.6 is 0 Å². The van der Waals surface area contributed by atoms with Crippen LogP contribution in [0.4, 0.5) is 0 Å². The molecule has 1 aromatic rings. The van der Waals surface area contributed by atoms with Crippen LogP contribution in [0.1, 0.15) is 44.1 Å². The summed E-state index contributed by atoms with van der Waals surface area (Å²) in [5.41, 5.74) is 0.750. The molecule has 0 aromatic heterocycles. The molecule has 4 nitrogen and oxygen atoms in total. The molecule has 0 spiro atoms. The van der Waals surface area contributed by atoms with E-state index in [0.717, 1.165) is 50.2 Å². The zero-order valence-corrected chi connectivity index (χ0v) is 13.8. The number of hydrogen-bond donors (Lipinski definition) is 1. The Hall–Kier alpha value is -2.36. The lowest BCUT2D eigenvalue weighted by atomic mass is 9.80. The normalized spacial score (nSPS) is 20.7. The molecule has 0 unspecified atom stereocenters. The van der Waals surface area contributed by atoms with Crippen molar-refractivity contribution in [1.29, 1.82) is 0 Å². The first-order chi connectivity index (χ1) is 11.6. The second-order valence-corrected chi connectivity index (χ2v) is 6.25. The molecular formula is C20H24O4. The number of carbonyl (C=O) groups excluding carboxylic acids is 1. The maximum absolute atomic E-state index is 12.3. The average Bonchev–Trinajstić information content (AvgIpc) is 2.59. The maximum atomic E-state index is 12.3. The van der Waals surface area contributed by atoms with Crippen LogP contribution in [0, 0.1) is 11.8 Å². The molecule has 4 heteroatoms. The highest BCUT2D eigenvalue weighted by Gasteiger charge is 2.27. The number of carboxylic acids is 1. The Morgan fingerprint density at radius 2 is 1.83 bits per heavy atom. The molecule has 128 valence electrons. The van der Waals surface area contributed by atoms with Gasteiger partial charge in [0.05, 0.1) is 5.92 Å². The maximum Gasteiger partial charge on any atom is 0.328 e. The molecule has 0 aliphatic heterocycles. The zero-order valence-electron chi connectivity index (χ0n) is 13.8. The van der Waals surface area contributed by atoms with Crippen LogP contribution < -0.4 is 4.74 Å². The van der Waals surface area contributed by atoms with Crippen LogP contribution in [0.5, 0.6) is 5.75 Å². The Balaban J connectivity index is 1.82. The van der Waals surface area contributed by atoms with Crippen molar-refractivity contribution >= 4 is 18.0 Å². The summed E-state index contributed by atoms with van der Waals surface area (Å²) in [5.74, 6) is 0.0328. The lowest BCUT2D eigenvalue weighted by Gasteiger charge is -2.26. The highest BCUT2D eigenvalue weighted by Crippen LogP contribution is 2.32. The fourth-order valence-electron chi connectivity index (χ4n) is 3.05. The molecule has 1 fully saturated rings. The minimum atomic E-state index is -0.991. The Labute approximate surface area is 142 Å². The van der Waals surface area contributed by atoms with Gasteiger partial charge in [0.25, 0.3) is 0 Å². The summed E-state index contributed by atoms with van der Waals surface area (Å²) in [6, 6.07) is 6.84. The molecule has 1 aromatic carbocycles. The van der Waals surface area contributed by atoms with Crippen molar-refractivity contribution in [3.63, 3.8) is 0 Å². The first kappa shape index (κ1) is 18.0. The lowest BCUT2D eigenvalue weighted by molar-refractivity contribution is -0.140. The molecule has 0 amide bonds. The molecule has 2 rings (SSSR count). The Morgan fingerprint density at radius 1 is 1.17 bits per heavy atom. The number of rotatable bonds is 7. The Kier molecular flexibility index (Phi) is 6.79. The first-order valence-electron chi connectivity index (χ1n) is 8.42. The molecule has 0 atom stereocenters. The third-order valence-corrected chi connectivity index (χ3v) is 4.48. The summed E-state index contributed by atoms with van der Waals surface area (Å²) >= 11 is 0. The number of carboxylic acid groups (broad SMARTS) is 1. The molecule has 0 saturated heterocycles. The zero-order chi connectivity index (χ0) is 17.4. The van der Waals surface area contributed by atoms with E-state index >= 15 is 0 Å². The van der Waals surface area contributed by atoms with Crippen molar-refractivity contribution in [3.8, 4) is 5.75 Å². The fourth-order valence-corrected chi connectivity index (χ4v) is 3.05. The van der Waals surface area contributed by atoms with Crippen molar-refractivity contribution in [2.45, 2.75) is 38.5 Å². The molecule has 1 N–H and O–H groups in total. The van der Waals surface area contributed by atoms with E-state index in [1.54, 1.807) is 24.3 Å². The number of aliphatic carboxylic acids is 1. The van der Waals surface area contributed by atoms with Gasteiger partial charge in [0.2, 0.25) is 0 Å². The number of ether oxygens (including phenoxy) is 1. The number of allylic oxidation sites excluding steroid dienone is 1. The highest BCUT2D eigenvalue weighted by atomic mass is 16.5. The standard InChI is InChI=1S/C20H24O4/c1-2-3-4-15-5-10-17(11-6-15)20(23)24-18-12-7-16(8-13-18)9-14-19(21)22/h2,7-9,12-15,17H,1,3-6,10-11H2,(H,21,22)/b14-9+. The second kappa shape index (κ2) is 9.06. The van der Waals surface area contributed by atoms with E-state index in [1.807, 2.05) is 6.08 Å². The molecule has 0 bridgehead atoms. The Morgan fingerprint density at radius 3 is 2.42 bits per heavy atom. The summed E-state index contributed by atoms with van der Waals surface area (Å²) in [7, 11) is 0. The van der Waals surface area contributed by atoms with Crippen molar-refractivity contribution in [2.75, 3.05) is 0 Å². The van der Waals surface area contributed by atoms with Crippen LogP contribution in [0.25, 0.3) is 6.08 Å². The van der Waals surface area contributed by atoms with E-state index in [1.165, 1.54) is 6.08 Å². The number of benzene rings is 1. The lowest BCUT2D eigenvalue weighted by Crippen LogP contribution is -2.25. The summed E-state index contributed by atoms with van der Waals surface area (Å²) in [5, 5.41) is 8.60. The van der Waals surface area contributed by atoms with Gasteiger partial charge in [-0.25, -0.2) is 4.79 Å². The van der Waals surface area contributed by atoms with Gasteiger partial charge in [0.15, 0.2) is 0 Å². The van der Waals surface area contributed by atoms with Crippen molar-refractivity contribution in [3.05, 3.63) is 48.6 Å². The van der Waals surface area contributed by atoms with Crippen LogP contribution in [-0.2, 0) is 9.59 Å². The molecule has 0 heterocycles. The summed E-state index contributed by atoms with van der Waals surface area (Å²) < 4.78 is 5.46. The molecule has 0 radical (unpaired) electrons. The summed E-state index contributed by atoms with van der Waals surface area (Å²) in [6.45, 7) is 3.75. The van der Waals surface area contributed by atoms with Crippen LogP contribution in [0.2, 0.25) is 0 Å². The molecular weight excluding hydrogens is 304 g/mol. The number of esters is 1. The highest BCUT2D eigenvalue weighted by molar-refractivity contribution is 5.85. The minimum Gasteiger partial charge on any atom is -0.478 e. The van der Waals surface area contributed by atoms with E-state index < -0.39 is 5.97 Å². The van der Waals surface area contributed by atoms with Gasteiger partial charge in [-0.1, -0.05) is 18.2 Å². The van der Waals surface area contributed by atoms with Crippen LogP contribution in [-0.4, -0.2) is 17.0 Å². The number of carbonyl (C=O) groups is 2. The third kappa shape index (κ3) is 5.69. The van der Waals surface area contributed by atoms with Gasteiger partial charge in [-0.15, -0.1) is 6.58 Å². The SMILES string of the molecule is C=CCCC1CCC(C(=O)Oc2ccc(/C=C/C(=O)O)cc2)CC1.